The summed E-state index contributed by atoms with van der Waals surface area (Å²) in [7, 11) is 0. The molecule has 0 aliphatic heterocycles. The van der Waals surface area contributed by atoms with E-state index in [2.05, 4.69) is 30.9 Å². The monoisotopic (exact) mass is 353 g/mol. The van der Waals surface area contributed by atoms with Gasteiger partial charge in [-0.3, -0.25) is 4.98 Å². The molecule has 0 unspecified atom stereocenters. The quantitative estimate of drug-likeness (QED) is 0.839. The minimum Gasteiger partial charge on any atom is -0.258 e. The van der Waals surface area contributed by atoms with Gasteiger partial charge in [-0.25, -0.2) is 18.7 Å². The molecule has 1 aliphatic carbocycles. The third kappa shape index (κ3) is 2.95. The fraction of sp³-hybridized carbons (Fsp3) is 0.400. The molecule has 110 valence electrons. The molecule has 1 fully saturated rings. The van der Waals surface area contributed by atoms with Crippen LogP contribution in [-0.4, -0.2) is 21.1 Å². The zero-order valence-corrected chi connectivity index (χ0v) is 12.9. The maximum Gasteiger partial charge on any atom is 0.145 e. The lowest BCUT2D eigenvalue weighted by Crippen LogP contribution is -2.44. The molecule has 0 spiro atoms. The van der Waals surface area contributed by atoms with Crippen LogP contribution in [0.25, 0.3) is 0 Å². The molecular formula is C15H14BrF2N3. The van der Waals surface area contributed by atoms with Gasteiger partial charge in [0, 0.05) is 30.4 Å². The van der Waals surface area contributed by atoms with Crippen LogP contribution in [0.1, 0.15) is 30.8 Å². The van der Waals surface area contributed by atoms with Gasteiger partial charge in [0.1, 0.15) is 17.8 Å². The maximum absolute atomic E-state index is 14.0. The second kappa shape index (κ2) is 5.75. The third-order valence-corrected chi connectivity index (χ3v) is 4.40. The van der Waals surface area contributed by atoms with Gasteiger partial charge in [0.25, 0.3) is 0 Å². The number of rotatable bonds is 4. The van der Waals surface area contributed by atoms with Crippen LogP contribution >= 0.6 is 15.9 Å². The highest BCUT2D eigenvalue weighted by molar-refractivity contribution is 9.10. The van der Waals surface area contributed by atoms with Gasteiger partial charge in [-0.1, -0.05) is 0 Å². The molecule has 2 heterocycles. The van der Waals surface area contributed by atoms with Crippen molar-refractivity contribution in [1.29, 1.82) is 0 Å². The molecular weight excluding hydrogens is 340 g/mol. The van der Waals surface area contributed by atoms with E-state index in [1.165, 1.54) is 6.07 Å². The van der Waals surface area contributed by atoms with E-state index in [0.29, 0.717) is 37.2 Å². The zero-order valence-electron chi connectivity index (χ0n) is 11.3. The van der Waals surface area contributed by atoms with Crippen LogP contribution in [0.2, 0.25) is 0 Å². The number of aromatic nitrogens is 3. The summed E-state index contributed by atoms with van der Waals surface area (Å²) in [5, 5.41) is 0. The fourth-order valence-corrected chi connectivity index (χ4v) is 3.10. The van der Waals surface area contributed by atoms with Gasteiger partial charge >= 0.3 is 0 Å². The van der Waals surface area contributed by atoms with Gasteiger partial charge < -0.3 is 0 Å². The molecule has 6 heteroatoms. The van der Waals surface area contributed by atoms with Crippen molar-refractivity contribution in [3.05, 3.63) is 52.5 Å². The fourth-order valence-electron chi connectivity index (χ4n) is 2.90. The topological polar surface area (TPSA) is 38.7 Å². The molecule has 0 N–H and O–H groups in total. The minimum absolute atomic E-state index is 0.317. The van der Waals surface area contributed by atoms with Crippen LogP contribution in [0.15, 0.2) is 35.2 Å². The molecule has 1 aliphatic rings. The van der Waals surface area contributed by atoms with Crippen LogP contribution in [-0.2, 0) is 11.8 Å². The van der Waals surface area contributed by atoms with Gasteiger partial charge in [-0.05, 0) is 47.3 Å². The van der Waals surface area contributed by atoms with Crippen molar-refractivity contribution in [3.8, 4) is 0 Å². The first kappa shape index (κ1) is 14.5. The Hall–Kier alpha value is -1.43. The third-order valence-electron chi connectivity index (χ3n) is 3.99. The van der Waals surface area contributed by atoms with Crippen molar-refractivity contribution >= 4 is 15.9 Å². The Labute approximate surface area is 130 Å². The molecule has 3 nitrogen and oxygen atoms in total. The van der Waals surface area contributed by atoms with E-state index in [1.54, 1.807) is 24.7 Å². The number of nitrogens with zero attached hydrogens (tertiary/aromatic N) is 3. The molecule has 0 bridgehead atoms. The zero-order chi connectivity index (χ0) is 14.9. The molecule has 21 heavy (non-hydrogen) atoms. The largest absolute Gasteiger partial charge is 0.258 e. The molecule has 1 saturated carbocycles. The van der Waals surface area contributed by atoms with E-state index in [9.17, 15) is 8.78 Å². The summed E-state index contributed by atoms with van der Waals surface area (Å²) in [6.07, 6.45) is 5.84. The standard InChI is InChI=1S/C15H14BrF2N3/c16-10-8-20-13(21-9-10)3-4-15(6-11(17)7-15)14-12(18)2-1-5-19-14/h1-2,5,8-9,11H,3-4,6-7H2. The number of pyridine rings is 1. The van der Waals surface area contributed by atoms with Gasteiger partial charge in [-0.15, -0.1) is 0 Å². The Bertz CT molecular complexity index is 627. The first-order chi connectivity index (χ1) is 10.1. The van der Waals surface area contributed by atoms with Gasteiger partial charge in [0.15, 0.2) is 0 Å². The summed E-state index contributed by atoms with van der Waals surface area (Å²) in [5.74, 6) is 0.317. The Morgan fingerprint density at radius 2 is 1.95 bits per heavy atom. The van der Waals surface area contributed by atoms with Crippen LogP contribution in [0, 0.1) is 5.82 Å². The van der Waals surface area contributed by atoms with Gasteiger partial charge in [0.2, 0.25) is 0 Å². The van der Waals surface area contributed by atoms with Crippen molar-refractivity contribution < 1.29 is 8.78 Å². The Balaban J connectivity index is 1.79. The molecule has 0 radical (unpaired) electrons. The van der Waals surface area contributed by atoms with Crippen LogP contribution in [0.3, 0.4) is 0 Å². The van der Waals surface area contributed by atoms with E-state index < -0.39 is 11.6 Å². The number of hydrogen-bond donors (Lipinski definition) is 0. The van der Waals surface area contributed by atoms with E-state index in [-0.39, 0.29) is 5.82 Å². The van der Waals surface area contributed by atoms with E-state index in [1.807, 2.05) is 0 Å². The van der Waals surface area contributed by atoms with E-state index in [4.69, 9.17) is 0 Å². The minimum atomic E-state index is -0.878. The van der Waals surface area contributed by atoms with Gasteiger partial charge in [-0.2, -0.15) is 0 Å². The predicted octanol–water partition coefficient (Wildman–Crippen LogP) is 3.78. The molecule has 3 rings (SSSR count). The number of hydrogen-bond acceptors (Lipinski definition) is 3. The lowest BCUT2D eigenvalue weighted by atomic mass is 9.62. The second-order valence-corrected chi connectivity index (χ2v) is 6.35. The normalized spacial score (nSPS) is 24.6. The smallest absolute Gasteiger partial charge is 0.145 e. The average Bonchev–Trinajstić information content (AvgIpc) is 2.45. The number of aryl methyl sites for hydroxylation is 1. The molecule has 0 amide bonds. The lowest BCUT2D eigenvalue weighted by molar-refractivity contribution is 0.0792. The molecule has 0 saturated heterocycles. The molecule has 0 aromatic carbocycles. The van der Waals surface area contributed by atoms with Crippen molar-refractivity contribution in [2.45, 2.75) is 37.3 Å². The summed E-state index contributed by atoms with van der Waals surface area (Å²) < 4.78 is 28.2. The Morgan fingerprint density at radius 3 is 2.57 bits per heavy atom. The highest BCUT2D eigenvalue weighted by atomic mass is 79.9. The van der Waals surface area contributed by atoms with Gasteiger partial charge in [0.05, 0.1) is 10.2 Å². The Morgan fingerprint density at radius 1 is 1.24 bits per heavy atom. The molecule has 2 aromatic rings. The average molecular weight is 354 g/mol. The predicted molar refractivity (Wildman–Crippen MR) is 78.1 cm³/mol. The van der Waals surface area contributed by atoms with Crippen molar-refractivity contribution in [2.75, 3.05) is 0 Å². The van der Waals surface area contributed by atoms with Crippen molar-refractivity contribution in [2.24, 2.45) is 0 Å². The van der Waals surface area contributed by atoms with E-state index >= 15 is 0 Å². The maximum atomic E-state index is 14.0. The molecule has 2 aromatic heterocycles. The van der Waals surface area contributed by atoms with Crippen LogP contribution in [0.5, 0.6) is 0 Å². The summed E-state index contributed by atoms with van der Waals surface area (Å²) >= 11 is 3.28. The first-order valence-electron chi connectivity index (χ1n) is 6.81. The van der Waals surface area contributed by atoms with Crippen LogP contribution < -0.4 is 0 Å². The molecule has 0 atom stereocenters. The van der Waals surface area contributed by atoms with E-state index in [0.717, 1.165) is 4.47 Å². The SMILES string of the molecule is Fc1cccnc1C1(CCc2ncc(Br)cn2)CC(F)C1. The summed E-state index contributed by atoms with van der Waals surface area (Å²) in [5.41, 5.74) is -0.155. The Kier molecular flexibility index (Phi) is 3.97. The highest BCUT2D eigenvalue weighted by Crippen LogP contribution is 2.48. The number of halogens is 3. The highest BCUT2D eigenvalue weighted by Gasteiger charge is 2.48. The van der Waals surface area contributed by atoms with Crippen molar-refractivity contribution in [3.63, 3.8) is 0 Å². The summed E-state index contributed by atoms with van der Waals surface area (Å²) in [6.45, 7) is 0. The number of alkyl halides is 1. The first-order valence-corrected chi connectivity index (χ1v) is 7.60. The second-order valence-electron chi connectivity index (χ2n) is 5.44. The van der Waals surface area contributed by atoms with Crippen LogP contribution in [0.4, 0.5) is 8.78 Å². The van der Waals surface area contributed by atoms with Crippen molar-refractivity contribution in [1.82, 2.24) is 15.0 Å². The summed E-state index contributed by atoms with van der Waals surface area (Å²) in [6, 6.07) is 2.93. The summed E-state index contributed by atoms with van der Waals surface area (Å²) in [4.78, 5) is 12.6. The lowest BCUT2D eigenvalue weighted by Gasteiger charge is -2.44.